The number of hydrogen-bond donors (Lipinski definition) is 2. The lowest BCUT2D eigenvalue weighted by atomic mass is 10.1. The predicted octanol–water partition coefficient (Wildman–Crippen LogP) is 4.00. The first-order chi connectivity index (χ1) is 12.2. The molecule has 5 heteroatoms. The van der Waals surface area contributed by atoms with Gasteiger partial charge in [0.25, 0.3) is 0 Å². The molecule has 3 N–H and O–H groups in total. The van der Waals surface area contributed by atoms with Crippen molar-refractivity contribution in [3.8, 4) is 0 Å². The summed E-state index contributed by atoms with van der Waals surface area (Å²) in [5.74, 6) is 1.49. The number of nitrogen functional groups attached to an aromatic ring is 1. The molecule has 1 aliphatic rings. The van der Waals surface area contributed by atoms with Gasteiger partial charge in [0.1, 0.15) is 11.3 Å². The van der Waals surface area contributed by atoms with Gasteiger partial charge in [-0.15, -0.1) is 0 Å². The van der Waals surface area contributed by atoms with E-state index in [0.29, 0.717) is 5.82 Å². The third kappa shape index (κ3) is 4.51. The van der Waals surface area contributed by atoms with Gasteiger partial charge in [-0.3, -0.25) is 0 Å². The highest BCUT2D eigenvalue weighted by Crippen LogP contribution is 2.26. The summed E-state index contributed by atoms with van der Waals surface area (Å²) < 4.78 is 0. The third-order valence-electron chi connectivity index (χ3n) is 5.39. The molecule has 2 aromatic rings. The number of nitrogens with zero attached hydrogens (tertiary/aromatic N) is 3. The van der Waals surface area contributed by atoms with E-state index in [0.717, 1.165) is 42.5 Å². The molecule has 0 bridgehead atoms. The molecule has 1 saturated heterocycles. The molecule has 0 amide bonds. The Morgan fingerprint density at radius 2 is 1.84 bits per heavy atom. The number of aromatic amines is 1. The van der Waals surface area contributed by atoms with Crippen molar-refractivity contribution in [3.05, 3.63) is 17.1 Å². The van der Waals surface area contributed by atoms with Crippen LogP contribution in [0.4, 0.5) is 5.82 Å². The molecular weight excluding hydrogens is 310 g/mol. The molecule has 1 aliphatic heterocycles. The van der Waals surface area contributed by atoms with Crippen molar-refractivity contribution in [3.63, 3.8) is 0 Å². The number of anilines is 1. The zero-order valence-corrected chi connectivity index (χ0v) is 15.9. The quantitative estimate of drug-likeness (QED) is 0.675. The Morgan fingerprint density at radius 3 is 2.60 bits per heavy atom. The summed E-state index contributed by atoms with van der Waals surface area (Å²) in [5.41, 5.74) is 10.7. The normalized spacial score (nSPS) is 15.4. The predicted molar refractivity (Wildman–Crippen MR) is 105 cm³/mol. The van der Waals surface area contributed by atoms with Gasteiger partial charge in [0.05, 0.1) is 5.52 Å². The van der Waals surface area contributed by atoms with E-state index in [1.807, 2.05) is 0 Å². The lowest BCUT2D eigenvalue weighted by molar-refractivity contribution is 0.328. The molecule has 0 aromatic carbocycles. The number of aromatic nitrogens is 3. The topological polar surface area (TPSA) is 70.8 Å². The van der Waals surface area contributed by atoms with Crippen LogP contribution in [0.1, 0.15) is 69.0 Å². The summed E-state index contributed by atoms with van der Waals surface area (Å²) in [5, 5.41) is 0. The van der Waals surface area contributed by atoms with Gasteiger partial charge < -0.3 is 15.6 Å². The molecule has 1 fully saturated rings. The number of unbranched alkanes of at least 4 members (excludes halogenated alkanes) is 3. The first-order valence-corrected chi connectivity index (χ1v) is 10.0. The van der Waals surface area contributed by atoms with E-state index in [-0.39, 0.29) is 0 Å². The highest BCUT2D eigenvalue weighted by molar-refractivity contribution is 5.88. The van der Waals surface area contributed by atoms with E-state index >= 15 is 0 Å². The molecule has 2 aromatic heterocycles. The Labute approximate surface area is 151 Å². The van der Waals surface area contributed by atoms with Gasteiger partial charge in [-0.05, 0) is 70.6 Å². The van der Waals surface area contributed by atoms with E-state index in [4.69, 9.17) is 10.7 Å². The standard InChI is InChI=1S/C20H33N5/c1-3-4-11-17-23-18-16(15(2)22-19(18)20(21)24-17)10-6-5-7-12-25-13-8-9-14-25/h22H,3-14H2,1-2H3,(H2,21,23,24). The summed E-state index contributed by atoms with van der Waals surface area (Å²) >= 11 is 0. The number of likely N-dealkylation sites (tertiary alicyclic amines) is 1. The Morgan fingerprint density at radius 1 is 1.04 bits per heavy atom. The largest absolute Gasteiger partial charge is 0.382 e. The molecule has 3 heterocycles. The molecular formula is C20H33N5. The van der Waals surface area contributed by atoms with Gasteiger partial charge in [-0.1, -0.05) is 19.8 Å². The van der Waals surface area contributed by atoms with E-state index in [1.165, 1.54) is 63.0 Å². The van der Waals surface area contributed by atoms with Crippen molar-refractivity contribution in [1.29, 1.82) is 0 Å². The van der Waals surface area contributed by atoms with Crippen LogP contribution >= 0.6 is 0 Å². The van der Waals surface area contributed by atoms with Crippen LogP contribution in [0, 0.1) is 6.92 Å². The Kier molecular flexibility index (Phi) is 6.29. The summed E-state index contributed by atoms with van der Waals surface area (Å²) in [6.45, 7) is 8.20. The SMILES string of the molecule is CCCCc1nc(N)c2[nH]c(C)c(CCCCCN3CCCC3)c2n1. The van der Waals surface area contributed by atoms with Crippen molar-refractivity contribution in [1.82, 2.24) is 19.9 Å². The van der Waals surface area contributed by atoms with Crippen LogP contribution in [0.5, 0.6) is 0 Å². The van der Waals surface area contributed by atoms with Crippen LogP contribution in [0.25, 0.3) is 11.0 Å². The second kappa shape index (κ2) is 8.65. The number of H-pyrrole nitrogens is 1. The van der Waals surface area contributed by atoms with Crippen molar-refractivity contribution in [2.45, 2.75) is 71.6 Å². The second-order valence-electron chi connectivity index (χ2n) is 7.44. The minimum absolute atomic E-state index is 0.597. The lowest BCUT2D eigenvalue weighted by Gasteiger charge is -2.13. The number of nitrogens with two attached hydrogens (primary N) is 1. The van der Waals surface area contributed by atoms with Crippen LogP contribution in [-0.4, -0.2) is 39.5 Å². The highest BCUT2D eigenvalue weighted by atomic mass is 15.1. The smallest absolute Gasteiger partial charge is 0.151 e. The fourth-order valence-corrected chi connectivity index (χ4v) is 3.88. The molecule has 0 atom stereocenters. The molecule has 3 rings (SSSR count). The highest BCUT2D eigenvalue weighted by Gasteiger charge is 2.15. The molecule has 25 heavy (non-hydrogen) atoms. The van der Waals surface area contributed by atoms with Crippen LogP contribution in [0.2, 0.25) is 0 Å². The second-order valence-corrected chi connectivity index (χ2v) is 7.44. The van der Waals surface area contributed by atoms with Gasteiger partial charge >= 0.3 is 0 Å². The fourth-order valence-electron chi connectivity index (χ4n) is 3.88. The zero-order chi connectivity index (χ0) is 17.6. The van der Waals surface area contributed by atoms with Gasteiger partial charge in [0, 0.05) is 12.1 Å². The average Bonchev–Trinajstić information content (AvgIpc) is 3.21. The lowest BCUT2D eigenvalue weighted by Crippen LogP contribution is -2.20. The fraction of sp³-hybridized carbons (Fsp3) is 0.700. The summed E-state index contributed by atoms with van der Waals surface area (Å²) in [4.78, 5) is 15.3. The van der Waals surface area contributed by atoms with Gasteiger partial charge in [-0.2, -0.15) is 0 Å². The molecule has 5 nitrogen and oxygen atoms in total. The van der Waals surface area contributed by atoms with E-state index in [2.05, 4.69) is 28.7 Å². The van der Waals surface area contributed by atoms with Crippen molar-refractivity contribution in [2.24, 2.45) is 0 Å². The number of fused-ring (bicyclic) bond motifs is 1. The van der Waals surface area contributed by atoms with Crippen LogP contribution < -0.4 is 5.73 Å². The average molecular weight is 344 g/mol. The maximum atomic E-state index is 6.17. The van der Waals surface area contributed by atoms with Gasteiger partial charge in [0.2, 0.25) is 0 Å². The van der Waals surface area contributed by atoms with E-state index in [1.54, 1.807) is 0 Å². The molecule has 0 saturated carbocycles. The molecule has 138 valence electrons. The van der Waals surface area contributed by atoms with Crippen LogP contribution in [0.15, 0.2) is 0 Å². The Balaban J connectivity index is 1.61. The minimum atomic E-state index is 0.597. The Bertz CT molecular complexity index is 685. The van der Waals surface area contributed by atoms with E-state index in [9.17, 15) is 0 Å². The molecule has 0 radical (unpaired) electrons. The summed E-state index contributed by atoms with van der Waals surface area (Å²) in [7, 11) is 0. The third-order valence-corrected chi connectivity index (χ3v) is 5.39. The number of aryl methyl sites for hydroxylation is 3. The Hall–Kier alpha value is -1.62. The molecule has 0 unspecified atom stereocenters. The monoisotopic (exact) mass is 343 g/mol. The maximum Gasteiger partial charge on any atom is 0.151 e. The van der Waals surface area contributed by atoms with Gasteiger partial charge in [-0.25, -0.2) is 9.97 Å². The minimum Gasteiger partial charge on any atom is -0.382 e. The van der Waals surface area contributed by atoms with Gasteiger partial charge in [0.15, 0.2) is 5.82 Å². The number of rotatable bonds is 9. The van der Waals surface area contributed by atoms with Crippen molar-refractivity contribution < 1.29 is 0 Å². The first-order valence-electron chi connectivity index (χ1n) is 10.0. The summed E-state index contributed by atoms with van der Waals surface area (Å²) in [6, 6.07) is 0. The zero-order valence-electron chi connectivity index (χ0n) is 15.9. The van der Waals surface area contributed by atoms with Crippen molar-refractivity contribution >= 4 is 16.9 Å². The molecule has 0 aliphatic carbocycles. The maximum absolute atomic E-state index is 6.17. The summed E-state index contributed by atoms with van der Waals surface area (Å²) in [6.07, 6.45) is 10.8. The number of hydrogen-bond acceptors (Lipinski definition) is 4. The number of nitrogens with one attached hydrogen (secondary N) is 1. The molecule has 0 spiro atoms. The van der Waals surface area contributed by atoms with Crippen LogP contribution in [-0.2, 0) is 12.8 Å². The van der Waals surface area contributed by atoms with Crippen molar-refractivity contribution in [2.75, 3.05) is 25.4 Å². The van der Waals surface area contributed by atoms with E-state index < -0.39 is 0 Å². The first kappa shape index (κ1) is 18.2. The van der Waals surface area contributed by atoms with Crippen LogP contribution in [0.3, 0.4) is 0 Å².